The van der Waals surface area contributed by atoms with Crippen LogP contribution in [0.3, 0.4) is 0 Å². The summed E-state index contributed by atoms with van der Waals surface area (Å²) in [6.45, 7) is 3.35. The standard InChI is InChI=1S/C10H15ClFN3O/c1-7(16)5-13-2-3-14-10-9(12)4-8(11)6-15-10/h4,6-7,13,16H,2-3,5H2,1H3,(H,14,15). The Balaban J connectivity index is 2.27. The summed E-state index contributed by atoms with van der Waals surface area (Å²) in [5.74, 6) is -0.286. The molecule has 6 heteroatoms. The van der Waals surface area contributed by atoms with Crippen LogP contribution >= 0.6 is 11.6 Å². The average molecular weight is 248 g/mol. The van der Waals surface area contributed by atoms with Crippen molar-refractivity contribution in [2.75, 3.05) is 25.0 Å². The van der Waals surface area contributed by atoms with E-state index in [1.165, 1.54) is 12.3 Å². The zero-order valence-electron chi connectivity index (χ0n) is 9.00. The minimum Gasteiger partial charge on any atom is -0.392 e. The highest BCUT2D eigenvalue weighted by atomic mass is 35.5. The zero-order valence-corrected chi connectivity index (χ0v) is 9.76. The van der Waals surface area contributed by atoms with Crippen LogP contribution < -0.4 is 10.6 Å². The highest BCUT2D eigenvalue weighted by Crippen LogP contribution is 2.14. The molecule has 16 heavy (non-hydrogen) atoms. The largest absolute Gasteiger partial charge is 0.392 e. The third kappa shape index (κ3) is 4.74. The number of pyridine rings is 1. The molecule has 1 aromatic heterocycles. The molecule has 1 heterocycles. The number of aromatic nitrogens is 1. The summed E-state index contributed by atoms with van der Waals surface area (Å²) in [7, 11) is 0. The molecule has 1 aromatic rings. The maximum atomic E-state index is 13.2. The van der Waals surface area contributed by atoms with E-state index in [1.54, 1.807) is 6.92 Å². The maximum absolute atomic E-state index is 13.2. The van der Waals surface area contributed by atoms with Crippen LogP contribution in [0.15, 0.2) is 12.3 Å². The van der Waals surface area contributed by atoms with Gasteiger partial charge in [-0.25, -0.2) is 9.37 Å². The predicted molar refractivity (Wildman–Crippen MR) is 62.2 cm³/mol. The Hall–Kier alpha value is -0.910. The summed E-state index contributed by atoms with van der Waals surface area (Å²) in [5, 5.41) is 15.1. The van der Waals surface area contributed by atoms with E-state index in [4.69, 9.17) is 16.7 Å². The van der Waals surface area contributed by atoms with Crippen LogP contribution in [0.1, 0.15) is 6.92 Å². The summed E-state index contributed by atoms with van der Waals surface area (Å²) in [4.78, 5) is 3.82. The molecule has 0 bridgehead atoms. The summed E-state index contributed by atoms with van der Waals surface area (Å²) in [5.41, 5.74) is 0. The number of nitrogens with one attached hydrogen (secondary N) is 2. The van der Waals surface area contributed by atoms with Gasteiger partial charge in [0.1, 0.15) is 0 Å². The number of hydrogen-bond acceptors (Lipinski definition) is 4. The minimum atomic E-state index is -0.469. The fraction of sp³-hybridized carbons (Fsp3) is 0.500. The fourth-order valence-corrected chi connectivity index (χ4v) is 1.27. The highest BCUT2D eigenvalue weighted by molar-refractivity contribution is 6.30. The molecule has 0 amide bonds. The summed E-state index contributed by atoms with van der Waals surface area (Å²) < 4.78 is 13.2. The Kier molecular flexibility index (Phi) is 5.45. The van der Waals surface area contributed by atoms with Crippen LogP contribution in [0.5, 0.6) is 0 Å². The molecule has 3 N–H and O–H groups in total. The fourth-order valence-electron chi connectivity index (χ4n) is 1.12. The maximum Gasteiger partial charge on any atom is 0.166 e. The number of aliphatic hydroxyl groups excluding tert-OH is 1. The van der Waals surface area contributed by atoms with Gasteiger partial charge in [0.2, 0.25) is 0 Å². The summed E-state index contributed by atoms with van der Waals surface area (Å²) in [6, 6.07) is 1.21. The second-order valence-corrected chi connectivity index (χ2v) is 3.90. The van der Waals surface area contributed by atoms with Gasteiger partial charge in [0.25, 0.3) is 0 Å². The third-order valence-electron chi connectivity index (χ3n) is 1.84. The van der Waals surface area contributed by atoms with Gasteiger partial charge in [0, 0.05) is 25.8 Å². The Bertz CT molecular complexity index is 336. The number of nitrogens with zero attached hydrogens (tertiary/aromatic N) is 1. The van der Waals surface area contributed by atoms with Crippen LogP contribution in [0.25, 0.3) is 0 Å². The zero-order chi connectivity index (χ0) is 12.0. The second-order valence-electron chi connectivity index (χ2n) is 3.46. The van der Waals surface area contributed by atoms with E-state index in [1.807, 2.05) is 0 Å². The van der Waals surface area contributed by atoms with Crippen molar-refractivity contribution in [3.8, 4) is 0 Å². The first kappa shape index (κ1) is 13.2. The SMILES string of the molecule is CC(O)CNCCNc1ncc(Cl)cc1F. The van der Waals surface area contributed by atoms with Crippen LogP contribution in [-0.2, 0) is 0 Å². The van der Waals surface area contributed by atoms with Crippen molar-refractivity contribution in [2.24, 2.45) is 0 Å². The number of halogens is 2. The second kappa shape index (κ2) is 6.62. The molecule has 4 nitrogen and oxygen atoms in total. The third-order valence-corrected chi connectivity index (χ3v) is 2.05. The van der Waals surface area contributed by atoms with E-state index in [0.29, 0.717) is 19.6 Å². The van der Waals surface area contributed by atoms with Crippen LogP contribution in [-0.4, -0.2) is 35.8 Å². The molecule has 0 aliphatic heterocycles. The van der Waals surface area contributed by atoms with Crippen molar-refractivity contribution in [3.05, 3.63) is 23.1 Å². The van der Waals surface area contributed by atoms with E-state index in [0.717, 1.165) is 0 Å². The highest BCUT2D eigenvalue weighted by Gasteiger charge is 2.03. The molecule has 1 atom stereocenters. The van der Waals surface area contributed by atoms with E-state index in [-0.39, 0.29) is 16.9 Å². The van der Waals surface area contributed by atoms with Crippen molar-refractivity contribution in [2.45, 2.75) is 13.0 Å². The molecule has 1 rings (SSSR count). The Labute approximate surface area is 98.8 Å². The normalized spacial score (nSPS) is 12.5. The molecule has 0 aromatic carbocycles. The van der Waals surface area contributed by atoms with Gasteiger partial charge in [0.15, 0.2) is 11.6 Å². The van der Waals surface area contributed by atoms with E-state index in [9.17, 15) is 4.39 Å². The van der Waals surface area contributed by atoms with Gasteiger partial charge in [-0.15, -0.1) is 0 Å². The predicted octanol–water partition coefficient (Wildman–Crippen LogP) is 1.26. The van der Waals surface area contributed by atoms with Crippen LogP contribution in [0, 0.1) is 5.82 Å². The lowest BCUT2D eigenvalue weighted by molar-refractivity contribution is 0.192. The molecule has 0 saturated carbocycles. The first-order valence-electron chi connectivity index (χ1n) is 5.03. The van der Waals surface area contributed by atoms with E-state index >= 15 is 0 Å². The molecule has 90 valence electrons. The van der Waals surface area contributed by atoms with Gasteiger partial charge < -0.3 is 15.7 Å². The first-order valence-corrected chi connectivity index (χ1v) is 5.41. The summed E-state index contributed by atoms with van der Waals surface area (Å²) in [6.07, 6.45) is 1.00. The van der Waals surface area contributed by atoms with Crippen LogP contribution in [0.2, 0.25) is 5.02 Å². The smallest absolute Gasteiger partial charge is 0.166 e. The molecule has 0 radical (unpaired) electrons. The Morgan fingerprint density at radius 3 is 2.94 bits per heavy atom. The Morgan fingerprint density at radius 1 is 1.56 bits per heavy atom. The van der Waals surface area contributed by atoms with Crippen LogP contribution in [0.4, 0.5) is 10.2 Å². The number of rotatable bonds is 6. The lowest BCUT2D eigenvalue weighted by atomic mass is 10.4. The summed E-state index contributed by atoms with van der Waals surface area (Å²) >= 11 is 5.57. The van der Waals surface area contributed by atoms with Gasteiger partial charge in [-0.2, -0.15) is 0 Å². The van der Waals surface area contributed by atoms with E-state index in [2.05, 4.69) is 15.6 Å². The van der Waals surface area contributed by atoms with Gasteiger partial charge in [-0.3, -0.25) is 0 Å². The van der Waals surface area contributed by atoms with Gasteiger partial charge >= 0.3 is 0 Å². The number of anilines is 1. The number of hydrogen-bond donors (Lipinski definition) is 3. The number of aliphatic hydroxyl groups is 1. The van der Waals surface area contributed by atoms with Crippen molar-refractivity contribution in [1.82, 2.24) is 10.3 Å². The van der Waals surface area contributed by atoms with Crippen molar-refractivity contribution >= 4 is 17.4 Å². The first-order chi connectivity index (χ1) is 7.59. The van der Waals surface area contributed by atoms with Gasteiger partial charge in [-0.1, -0.05) is 11.6 Å². The lowest BCUT2D eigenvalue weighted by Crippen LogP contribution is -2.29. The molecule has 0 fully saturated rings. The topological polar surface area (TPSA) is 57.2 Å². The van der Waals surface area contributed by atoms with Gasteiger partial charge in [-0.05, 0) is 13.0 Å². The molecule has 0 saturated heterocycles. The lowest BCUT2D eigenvalue weighted by Gasteiger charge is -2.09. The molecule has 1 unspecified atom stereocenters. The van der Waals surface area contributed by atoms with Crippen molar-refractivity contribution in [1.29, 1.82) is 0 Å². The average Bonchev–Trinajstić information content (AvgIpc) is 2.20. The quantitative estimate of drug-likeness (QED) is 0.663. The van der Waals surface area contributed by atoms with Gasteiger partial charge in [0.05, 0.1) is 11.1 Å². The van der Waals surface area contributed by atoms with Crippen molar-refractivity contribution < 1.29 is 9.50 Å². The minimum absolute atomic E-state index is 0.184. The molecule has 0 aliphatic rings. The molecular weight excluding hydrogens is 233 g/mol. The van der Waals surface area contributed by atoms with Crippen molar-refractivity contribution in [3.63, 3.8) is 0 Å². The molecular formula is C10H15ClFN3O. The van der Waals surface area contributed by atoms with E-state index < -0.39 is 5.82 Å². The molecule has 0 spiro atoms. The Morgan fingerprint density at radius 2 is 2.31 bits per heavy atom. The molecule has 0 aliphatic carbocycles. The monoisotopic (exact) mass is 247 g/mol.